The van der Waals surface area contributed by atoms with E-state index in [2.05, 4.69) is 48.9 Å². The van der Waals surface area contributed by atoms with Gasteiger partial charge >= 0.3 is 0 Å². The number of aliphatic imine (C=N–C) groups is 1. The zero-order valence-corrected chi connectivity index (χ0v) is 22.4. The average Bonchev–Trinajstić information content (AvgIpc) is 3.30. The molecule has 33 heavy (non-hydrogen) atoms. The number of nitrogens with one attached hydrogen (secondary N) is 1. The van der Waals surface area contributed by atoms with Crippen LogP contribution in [0.25, 0.3) is 0 Å². The number of guanidine groups is 1. The fourth-order valence-electron chi connectivity index (χ4n) is 3.84. The number of halogens is 1. The number of aryl methyl sites for hydroxylation is 1. The van der Waals surface area contributed by atoms with E-state index in [0.29, 0.717) is 0 Å². The van der Waals surface area contributed by atoms with Crippen molar-refractivity contribution >= 4 is 35.6 Å². The van der Waals surface area contributed by atoms with E-state index >= 15 is 0 Å². The molecule has 2 aromatic rings. The summed E-state index contributed by atoms with van der Waals surface area (Å²) in [4.78, 5) is 9.61. The first-order chi connectivity index (χ1) is 15.8. The minimum absolute atomic E-state index is 0. The van der Waals surface area contributed by atoms with Gasteiger partial charge in [0.05, 0.1) is 12.8 Å². The molecular weight excluding hydrogens is 533 g/mol. The maximum Gasteiger partial charge on any atom is 0.194 e. The number of piperazine rings is 1. The van der Waals surface area contributed by atoms with Gasteiger partial charge in [-0.05, 0) is 25.5 Å². The van der Waals surface area contributed by atoms with E-state index in [1.807, 2.05) is 19.1 Å². The number of anilines is 1. The maximum atomic E-state index is 5.55. The van der Waals surface area contributed by atoms with Crippen LogP contribution in [-0.2, 0) is 17.7 Å². The normalized spacial score (nSPS) is 14.2. The molecule has 0 radical (unpaired) electrons. The quantitative estimate of drug-likeness (QED) is 0.192. The van der Waals surface area contributed by atoms with Crippen LogP contribution in [0.15, 0.2) is 35.6 Å². The molecule has 0 saturated carbocycles. The highest BCUT2D eigenvalue weighted by Gasteiger charge is 2.21. The summed E-state index contributed by atoms with van der Waals surface area (Å²) >= 11 is 0. The van der Waals surface area contributed by atoms with Crippen LogP contribution in [0.5, 0.6) is 5.75 Å². The van der Waals surface area contributed by atoms with E-state index in [9.17, 15) is 0 Å². The van der Waals surface area contributed by atoms with Crippen LogP contribution in [0.3, 0.4) is 0 Å². The van der Waals surface area contributed by atoms with Crippen molar-refractivity contribution in [3.8, 4) is 5.75 Å². The number of nitrogens with zero attached hydrogens (tertiary/aromatic N) is 6. The Kier molecular flexibility index (Phi) is 12.3. The summed E-state index contributed by atoms with van der Waals surface area (Å²) < 4.78 is 13.1. The van der Waals surface area contributed by atoms with Gasteiger partial charge in [-0.2, -0.15) is 0 Å². The lowest BCUT2D eigenvalue weighted by atomic mass is 10.2. The molecule has 1 aromatic carbocycles. The Labute approximate surface area is 214 Å². The molecule has 0 amide bonds. The smallest absolute Gasteiger partial charge is 0.194 e. The Hall–Kier alpha value is -2.08. The summed E-state index contributed by atoms with van der Waals surface area (Å²) in [6.45, 7) is 11.6. The zero-order valence-electron chi connectivity index (χ0n) is 20.1. The highest BCUT2D eigenvalue weighted by Crippen LogP contribution is 2.28. The number of benzene rings is 1. The Morgan fingerprint density at radius 3 is 2.67 bits per heavy atom. The predicted molar refractivity (Wildman–Crippen MR) is 143 cm³/mol. The summed E-state index contributed by atoms with van der Waals surface area (Å²) in [5.74, 6) is 2.89. The molecule has 10 heteroatoms. The average molecular weight is 572 g/mol. The van der Waals surface area contributed by atoms with Crippen LogP contribution in [0, 0.1) is 0 Å². The van der Waals surface area contributed by atoms with Gasteiger partial charge in [0.2, 0.25) is 0 Å². The van der Waals surface area contributed by atoms with Gasteiger partial charge < -0.3 is 29.2 Å². The van der Waals surface area contributed by atoms with Crippen molar-refractivity contribution in [2.24, 2.45) is 4.99 Å². The molecule has 0 atom stereocenters. The van der Waals surface area contributed by atoms with E-state index in [1.165, 1.54) is 0 Å². The van der Waals surface area contributed by atoms with Crippen molar-refractivity contribution in [2.75, 3.05) is 64.5 Å². The number of hydrogen-bond acceptors (Lipinski definition) is 6. The minimum Gasteiger partial charge on any atom is -0.495 e. The SMILES string of the molecule is CCOCCCN=C(NCCn1cnnc1CC)N1CCN(c2ccccc2OC)CC1.I. The monoisotopic (exact) mass is 571 g/mol. The van der Waals surface area contributed by atoms with Crippen LogP contribution < -0.4 is 15.0 Å². The lowest BCUT2D eigenvalue weighted by Crippen LogP contribution is -2.53. The van der Waals surface area contributed by atoms with Gasteiger partial charge in [-0.1, -0.05) is 19.1 Å². The summed E-state index contributed by atoms with van der Waals surface area (Å²) in [5, 5.41) is 11.8. The Morgan fingerprint density at radius 1 is 1.15 bits per heavy atom. The van der Waals surface area contributed by atoms with Crippen molar-refractivity contribution in [2.45, 2.75) is 33.2 Å². The van der Waals surface area contributed by atoms with Crippen molar-refractivity contribution in [3.63, 3.8) is 0 Å². The Bertz CT molecular complexity index is 838. The third kappa shape index (κ3) is 8.02. The number of para-hydroxylation sites is 2. The molecule has 1 aliphatic heterocycles. The summed E-state index contributed by atoms with van der Waals surface area (Å²) in [6, 6.07) is 8.21. The highest BCUT2D eigenvalue weighted by molar-refractivity contribution is 14.0. The van der Waals surface area contributed by atoms with E-state index < -0.39 is 0 Å². The lowest BCUT2D eigenvalue weighted by Gasteiger charge is -2.38. The largest absolute Gasteiger partial charge is 0.495 e. The fourth-order valence-corrected chi connectivity index (χ4v) is 3.84. The first-order valence-electron chi connectivity index (χ1n) is 11.6. The summed E-state index contributed by atoms with van der Waals surface area (Å²) in [5.41, 5.74) is 1.15. The molecule has 0 bridgehead atoms. The van der Waals surface area contributed by atoms with E-state index in [-0.39, 0.29) is 24.0 Å². The number of rotatable bonds is 11. The molecule has 9 nitrogen and oxygen atoms in total. The van der Waals surface area contributed by atoms with Crippen LogP contribution in [0.2, 0.25) is 0 Å². The van der Waals surface area contributed by atoms with Gasteiger partial charge in [-0.3, -0.25) is 4.99 Å². The Morgan fingerprint density at radius 2 is 1.94 bits per heavy atom. The molecule has 0 unspecified atom stereocenters. The van der Waals surface area contributed by atoms with Crippen LogP contribution in [0.4, 0.5) is 5.69 Å². The summed E-state index contributed by atoms with van der Waals surface area (Å²) in [7, 11) is 1.73. The molecule has 0 aliphatic carbocycles. The molecule has 1 aliphatic rings. The standard InChI is InChI=1S/C23H37N7O2.HI/c1-4-22-27-26-19-30(22)13-12-25-23(24-11-8-18-32-5-2)29-16-14-28(15-17-29)20-9-6-7-10-21(20)31-3;/h6-7,9-10,19H,4-5,8,11-18H2,1-3H3,(H,24,25);1H. The maximum absolute atomic E-state index is 5.55. The molecule has 184 valence electrons. The van der Waals surface area contributed by atoms with Gasteiger partial charge in [-0.25, -0.2) is 0 Å². The second kappa shape index (κ2) is 14.9. The third-order valence-corrected chi connectivity index (χ3v) is 5.57. The fraction of sp³-hybridized carbons (Fsp3) is 0.609. The molecule has 1 aromatic heterocycles. The molecule has 2 heterocycles. The van der Waals surface area contributed by atoms with Gasteiger partial charge in [0.1, 0.15) is 17.9 Å². The van der Waals surface area contributed by atoms with Crippen molar-refractivity contribution < 1.29 is 9.47 Å². The second-order valence-corrected chi connectivity index (χ2v) is 7.62. The number of hydrogen-bond donors (Lipinski definition) is 1. The van der Waals surface area contributed by atoms with E-state index in [1.54, 1.807) is 13.4 Å². The Balaban J connectivity index is 0.00000385. The van der Waals surface area contributed by atoms with Crippen molar-refractivity contribution in [3.05, 3.63) is 36.4 Å². The first kappa shape index (κ1) is 27.2. The molecule has 3 rings (SSSR count). The highest BCUT2D eigenvalue weighted by atomic mass is 127. The molecule has 1 saturated heterocycles. The lowest BCUT2D eigenvalue weighted by molar-refractivity contribution is 0.146. The minimum atomic E-state index is 0. The molecular formula is C23H38IN7O2. The second-order valence-electron chi connectivity index (χ2n) is 7.62. The first-order valence-corrected chi connectivity index (χ1v) is 11.6. The van der Waals surface area contributed by atoms with Gasteiger partial charge in [0.25, 0.3) is 0 Å². The predicted octanol–water partition coefficient (Wildman–Crippen LogP) is 2.66. The van der Waals surface area contributed by atoms with E-state index in [4.69, 9.17) is 14.5 Å². The molecule has 1 N–H and O–H groups in total. The summed E-state index contributed by atoms with van der Waals surface area (Å²) in [6.07, 6.45) is 3.60. The van der Waals surface area contributed by atoms with E-state index in [0.717, 1.165) is 95.1 Å². The van der Waals surface area contributed by atoms with Crippen molar-refractivity contribution in [1.82, 2.24) is 25.0 Å². The molecule has 1 fully saturated rings. The third-order valence-electron chi connectivity index (χ3n) is 5.57. The van der Waals surface area contributed by atoms with Gasteiger partial charge in [-0.15, -0.1) is 34.2 Å². The molecule has 0 spiro atoms. The van der Waals surface area contributed by atoms with Crippen LogP contribution >= 0.6 is 24.0 Å². The number of methoxy groups -OCH3 is 1. The topological polar surface area (TPSA) is 80.0 Å². The number of ether oxygens (including phenoxy) is 2. The van der Waals surface area contributed by atoms with Crippen molar-refractivity contribution in [1.29, 1.82) is 0 Å². The van der Waals surface area contributed by atoms with Crippen LogP contribution in [-0.4, -0.2) is 85.2 Å². The van der Waals surface area contributed by atoms with Crippen LogP contribution in [0.1, 0.15) is 26.1 Å². The van der Waals surface area contributed by atoms with Gasteiger partial charge in [0, 0.05) is 65.4 Å². The zero-order chi connectivity index (χ0) is 22.6. The van der Waals surface area contributed by atoms with Gasteiger partial charge in [0.15, 0.2) is 5.96 Å². The number of aromatic nitrogens is 3.